The van der Waals surface area contributed by atoms with Crippen molar-refractivity contribution in [2.75, 3.05) is 0 Å². The molecule has 0 saturated heterocycles. The summed E-state index contributed by atoms with van der Waals surface area (Å²) in [6.07, 6.45) is 0. The molecule has 0 aliphatic rings. The van der Waals surface area contributed by atoms with Crippen molar-refractivity contribution in [1.82, 2.24) is 9.13 Å². The van der Waals surface area contributed by atoms with E-state index in [2.05, 4.69) is 194 Å². The number of para-hydroxylation sites is 4. The average Bonchev–Trinajstić information content (AvgIpc) is 3.64. The summed E-state index contributed by atoms with van der Waals surface area (Å²) < 4.78 is 4.76. The van der Waals surface area contributed by atoms with Crippen molar-refractivity contribution in [1.29, 1.82) is 0 Å². The van der Waals surface area contributed by atoms with Crippen LogP contribution < -0.4 is 0 Å². The van der Waals surface area contributed by atoms with E-state index in [-0.39, 0.29) is 5.41 Å². The lowest BCUT2D eigenvalue weighted by atomic mass is 9.83. The largest absolute Gasteiger partial charge is 0.309 e. The highest BCUT2D eigenvalue weighted by Gasteiger charge is 2.18. The van der Waals surface area contributed by atoms with Crippen molar-refractivity contribution in [3.8, 4) is 33.6 Å². The number of hydrogen-bond acceptors (Lipinski definition) is 0. The van der Waals surface area contributed by atoms with Crippen LogP contribution in [0.25, 0.3) is 77.2 Å². The van der Waals surface area contributed by atoms with Gasteiger partial charge in [-0.1, -0.05) is 130 Å². The van der Waals surface area contributed by atoms with Gasteiger partial charge in [0.05, 0.1) is 22.1 Å². The van der Waals surface area contributed by atoms with Crippen LogP contribution in [0.15, 0.2) is 164 Å². The number of aromatic nitrogens is 2. The van der Waals surface area contributed by atoms with Gasteiger partial charge in [-0.25, -0.2) is 0 Å². The molecule has 0 saturated carbocycles. The summed E-state index contributed by atoms with van der Waals surface area (Å²) in [7, 11) is 0. The highest BCUT2D eigenvalue weighted by atomic mass is 15.0. The fraction of sp³-hybridized carbons (Fsp3) is 0.0870. The van der Waals surface area contributed by atoms with Gasteiger partial charge < -0.3 is 9.13 Å². The molecule has 2 heterocycles. The Labute approximate surface area is 281 Å². The molecule has 0 N–H and O–H groups in total. The summed E-state index contributed by atoms with van der Waals surface area (Å²) in [6, 6.07) is 60.0. The molecule has 0 amide bonds. The van der Waals surface area contributed by atoms with Gasteiger partial charge in [0, 0.05) is 32.9 Å². The first-order chi connectivity index (χ1) is 23.4. The van der Waals surface area contributed by atoms with Crippen molar-refractivity contribution >= 4 is 43.6 Å². The minimum absolute atomic E-state index is 0.0105. The van der Waals surface area contributed by atoms with Crippen LogP contribution in [0.3, 0.4) is 0 Å². The Morgan fingerprint density at radius 3 is 0.958 bits per heavy atom. The third-order valence-electron chi connectivity index (χ3n) is 9.88. The Morgan fingerprint density at radius 2 is 0.646 bits per heavy atom. The van der Waals surface area contributed by atoms with Gasteiger partial charge in [0.25, 0.3) is 0 Å². The third kappa shape index (κ3) is 4.56. The molecule has 7 aromatic carbocycles. The first-order valence-corrected chi connectivity index (χ1v) is 16.8. The SMILES string of the molecule is CC(C)(C)c1cc(-c2ccc(-n3c4ccccc4c4ccccc43)cc2)cc(-c2ccc(-n3c4ccccc4c4ccccc43)cc2)c1. The van der Waals surface area contributed by atoms with Gasteiger partial charge in [-0.2, -0.15) is 0 Å². The molecule has 0 aliphatic carbocycles. The number of rotatable bonds is 4. The van der Waals surface area contributed by atoms with E-state index < -0.39 is 0 Å². The van der Waals surface area contributed by atoms with E-state index in [4.69, 9.17) is 0 Å². The van der Waals surface area contributed by atoms with Crippen molar-refractivity contribution in [2.45, 2.75) is 26.2 Å². The zero-order valence-corrected chi connectivity index (χ0v) is 27.5. The van der Waals surface area contributed by atoms with Crippen LogP contribution in [0.1, 0.15) is 26.3 Å². The molecule has 9 aromatic rings. The Hall–Kier alpha value is -5.86. The molecule has 2 heteroatoms. The van der Waals surface area contributed by atoms with Crippen LogP contribution in [0.5, 0.6) is 0 Å². The van der Waals surface area contributed by atoms with E-state index in [1.54, 1.807) is 0 Å². The lowest BCUT2D eigenvalue weighted by Crippen LogP contribution is -2.11. The predicted molar refractivity (Wildman–Crippen MR) is 205 cm³/mol. The Morgan fingerprint density at radius 1 is 0.333 bits per heavy atom. The van der Waals surface area contributed by atoms with Gasteiger partial charge in [-0.05, 0) is 87.8 Å². The maximum absolute atomic E-state index is 2.38. The molecule has 0 spiro atoms. The monoisotopic (exact) mass is 616 g/mol. The van der Waals surface area contributed by atoms with Gasteiger partial charge >= 0.3 is 0 Å². The molecule has 0 aliphatic heterocycles. The minimum Gasteiger partial charge on any atom is -0.309 e. The molecule has 0 atom stereocenters. The quantitative estimate of drug-likeness (QED) is 0.186. The first kappa shape index (κ1) is 28.4. The van der Waals surface area contributed by atoms with Crippen LogP contribution in [0.2, 0.25) is 0 Å². The smallest absolute Gasteiger partial charge is 0.0541 e. The van der Waals surface area contributed by atoms with Gasteiger partial charge in [-0.15, -0.1) is 0 Å². The molecule has 2 aromatic heterocycles. The number of hydrogen-bond donors (Lipinski definition) is 0. The maximum atomic E-state index is 2.38. The molecular formula is C46H36N2. The molecule has 0 fully saturated rings. The van der Waals surface area contributed by atoms with E-state index in [0.717, 1.165) is 0 Å². The van der Waals surface area contributed by atoms with Crippen molar-refractivity contribution in [2.24, 2.45) is 0 Å². The predicted octanol–water partition coefficient (Wildman–Crippen LogP) is 12.5. The van der Waals surface area contributed by atoms with Gasteiger partial charge in [0.15, 0.2) is 0 Å². The van der Waals surface area contributed by atoms with Crippen LogP contribution in [-0.4, -0.2) is 9.13 Å². The number of benzene rings is 7. The second kappa shape index (κ2) is 10.9. The molecule has 0 radical (unpaired) electrons. The molecule has 48 heavy (non-hydrogen) atoms. The van der Waals surface area contributed by atoms with Crippen molar-refractivity contribution in [3.05, 3.63) is 169 Å². The van der Waals surface area contributed by atoms with E-state index >= 15 is 0 Å². The Bertz CT molecular complexity index is 2340. The lowest BCUT2D eigenvalue weighted by molar-refractivity contribution is 0.590. The van der Waals surface area contributed by atoms with E-state index in [1.807, 2.05) is 0 Å². The summed E-state index contributed by atoms with van der Waals surface area (Å²) in [5.74, 6) is 0. The second-order valence-electron chi connectivity index (χ2n) is 13.9. The molecular weight excluding hydrogens is 581 g/mol. The van der Waals surface area contributed by atoms with Crippen LogP contribution in [-0.2, 0) is 5.41 Å². The van der Waals surface area contributed by atoms with Gasteiger partial charge in [-0.3, -0.25) is 0 Å². The van der Waals surface area contributed by atoms with E-state index in [9.17, 15) is 0 Å². The summed E-state index contributed by atoms with van der Waals surface area (Å²) in [4.78, 5) is 0. The summed E-state index contributed by atoms with van der Waals surface area (Å²) in [6.45, 7) is 6.89. The highest BCUT2D eigenvalue weighted by molar-refractivity contribution is 6.10. The van der Waals surface area contributed by atoms with Crippen molar-refractivity contribution in [3.63, 3.8) is 0 Å². The topological polar surface area (TPSA) is 9.86 Å². The van der Waals surface area contributed by atoms with Gasteiger partial charge in [0.2, 0.25) is 0 Å². The summed E-state index contributed by atoms with van der Waals surface area (Å²) in [5.41, 5.74) is 13.5. The summed E-state index contributed by atoms with van der Waals surface area (Å²) >= 11 is 0. The van der Waals surface area contributed by atoms with Crippen LogP contribution in [0.4, 0.5) is 0 Å². The molecule has 9 rings (SSSR count). The number of fused-ring (bicyclic) bond motifs is 6. The fourth-order valence-corrected chi connectivity index (χ4v) is 7.40. The standard InChI is InChI=1S/C46H36N2/c1-46(2,3)35-29-33(31-20-24-36(25-21-31)47-42-16-8-4-12-38(42)39-13-5-9-17-43(39)47)28-34(30-35)32-22-26-37(27-23-32)48-44-18-10-6-14-40(44)41-15-7-11-19-45(41)48/h4-30H,1-3H3. The maximum Gasteiger partial charge on any atom is 0.0541 e. The first-order valence-electron chi connectivity index (χ1n) is 16.8. The van der Waals surface area contributed by atoms with Crippen molar-refractivity contribution < 1.29 is 0 Å². The Kier molecular flexibility index (Phi) is 6.42. The Balaban J connectivity index is 1.12. The second-order valence-corrected chi connectivity index (χ2v) is 13.9. The highest BCUT2D eigenvalue weighted by Crippen LogP contribution is 2.37. The molecule has 2 nitrogen and oxygen atoms in total. The molecule has 230 valence electrons. The zero-order chi connectivity index (χ0) is 32.4. The van der Waals surface area contributed by atoms with Gasteiger partial charge in [0.1, 0.15) is 0 Å². The average molecular weight is 617 g/mol. The van der Waals surface area contributed by atoms with E-state index in [0.29, 0.717) is 0 Å². The normalized spacial score (nSPS) is 12.1. The number of nitrogens with zero attached hydrogens (tertiary/aromatic N) is 2. The fourth-order valence-electron chi connectivity index (χ4n) is 7.40. The molecule has 0 bridgehead atoms. The summed E-state index contributed by atoms with van der Waals surface area (Å²) in [5, 5.41) is 5.13. The zero-order valence-electron chi connectivity index (χ0n) is 27.5. The van der Waals surface area contributed by atoms with Crippen LogP contribution >= 0.6 is 0 Å². The lowest BCUT2D eigenvalue weighted by Gasteiger charge is -2.22. The third-order valence-corrected chi connectivity index (χ3v) is 9.88. The minimum atomic E-state index is 0.0105. The molecule has 0 unspecified atom stereocenters. The van der Waals surface area contributed by atoms with E-state index in [1.165, 1.54) is 82.8 Å². The van der Waals surface area contributed by atoms with Crippen LogP contribution in [0, 0.1) is 0 Å².